The van der Waals surface area contributed by atoms with Crippen molar-refractivity contribution in [2.45, 2.75) is 48.7 Å². The molecule has 0 aromatic carbocycles. The van der Waals surface area contributed by atoms with E-state index in [-0.39, 0.29) is 12.0 Å². The molecule has 0 aromatic rings. The smallest absolute Gasteiger partial charge is 0.262 e. The third-order valence-corrected chi connectivity index (χ3v) is 3.51. The molecule has 0 saturated carbocycles. The van der Waals surface area contributed by atoms with Crippen molar-refractivity contribution in [3.63, 3.8) is 0 Å². The van der Waals surface area contributed by atoms with Crippen molar-refractivity contribution in [2.75, 3.05) is 13.2 Å². The molecule has 4 nitrogen and oxygen atoms in total. The van der Waals surface area contributed by atoms with E-state index in [9.17, 15) is 4.79 Å². The Morgan fingerprint density at radius 3 is 2.78 bits per heavy atom. The average molecular weight is 319 g/mol. The maximum absolute atomic E-state index is 11.6. The van der Waals surface area contributed by atoms with Gasteiger partial charge in [-0.05, 0) is 19.3 Å². The average Bonchev–Trinajstić information content (AvgIpc) is 2.75. The molecule has 1 aliphatic heterocycles. The number of rotatable bonds is 6. The van der Waals surface area contributed by atoms with Crippen LogP contribution < -0.4 is 10.6 Å². The lowest BCUT2D eigenvalue weighted by Gasteiger charge is -2.24. The fourth-order valence-corrected chi connectivity index (χ4v) is 2.30. The Bertz CT molecular complexity index is 266. The van der Waals surface area contributed by atoms with E-state index in [1.165, 1.54) is 0 Å². The van der Waals surface area contributed by atoms with Crippen LogP contribution >= 0.6 is 34.8 Å². The molecule has 106 valence electrons. The van der Waals surface area contributed by atoms with Gasteiger partial charge in [-0.2, -0.15) is 0 Å². The minimum Gasteiger partial charge on any atom is -0.372 e. The maximum atomic E-state index is 11.6. The Morgan fingerprint density at radius 1 is 1.56 bits per heavy atom. The monoisotopic (exact) mass is 317 g/mol. The molecule has 1 fully saturated rings. The predicted octanol–water partition coefficient (Wildman–Crippen LogP) is 1.34. The van der Waals surface area contributed by atoms with Gasteiger partial charge in [-0.25, -0.2) is 0 Å². The van der Waals surface area contributed by atoms with Crippen molar-refractivity contribution in [1.82, 2.24) is 5.32 Å². The van der Waals surface area contributed by atoms with Crippen molar-refractivity contribution >= 4 is 40.7 Å². The normalized spacial score (nSPS) is 21.9. The number of ether oxygens (including phenoxy) is 1. The van der Waals surface area contributed by atoms with E-state index in [0.29, 0.717) is 13.0 Å². The minimum atomic E-state index is -1.53. The van der Waals surface area contributed by atoms with Crippen LogP contribution in [0.4, 0.5) is 0 Å². The van der Waals surface area contributed by atoms with E-state index < -0.39 is 9.96 Å². The zero-order chi connectivity index (χ0) is 13.6. The zero-order valence-corrected chi connectivity index (χ0v) is 12.7. The number of carbonyl (C=O) groups excluding carboxylic acids is 1. The molecule has 3 N–H and O–H groups in total. The molecule has 7 heteroatoms. The zero-order valence-electron chi connectivity index (χ0n) is 10.4. The molecule has 0 aliphatic carbocycles. The van der Waals surface area contributed by atoms with Crippen LogP contribution in [0.2, 0.25) is 0 Å². The van der Waals surface area contributed by atoms with E-state index in [1.54, 1.807) is 0 Å². The second kappa shape index (κ2) is 7.75. The number of hydrogen-bond donors (Lipinski definition) is 2. The summed E-state index contributed by atoms with van der Waals surface area (Å²) in [6.07, 6.45) is 2.90. The first-order chi connectivity index (χ1) is 8.43. The van der Waals surface area contributed by atoms with Gasteiger partial charge in [0.05, 0.1) is 0 Å². The van der Waals surface area contributed by atoms with Gasteiger partial charge in [-0.15, -0.1) is 0 Å². The SMILES string of the molecule is CCCC(=O)N[C@H]([NH2+]C[C@H]1CCCO1)C(Cl)(Cl)Cl. The maximum Gasteiger partial charge on any atom is 0.262 e. The van der Waals surface area contributed by atoms with Crippen LogP contribution in [-0.4, -0.2) is 35.1 Å². The molecule has 1 aliphatic rings. The van der Waals surface area contributed by atoms with E-state index in [2.05, 4.69) is 5.32 Å². The second-order valence-electron chi connectivity index (χ2n) is 4.44. The lowest BCUT2D eigenvalue weighted by Crippen LogP contribution is -2.97. The number of alkyl halides is 3. The molecule has 1 heterocycles. The molecular weight excluding hydrogens is 298 g/mol. The summed E-state index contributed by atoms with van der Waals surface area (Å²) in [7, 11) is 0. The summed E-state index contributed by atoms with van der Waals surface area (Å²) >= 11 is 17.6. The highest BCUT2D eigenvalue weighted by Crippen LogP contribution is 2.27. The van der Waals surface area contributed by atoms with E-state index in [1.807, 2.05) is 12.2 Å². The van der Waals surface area contributed by atoms with Gasteiger partial charge in [0.25, 0.3) is 3.79 Å². The number of halogens is 3. The number of nitrogens with one attached hydrogen (secondary N) is 1. The van der Waals surface area contributed by atoms with Gasteiger partial charge in [0.1, 0.15) is 12.6 Å². The van der Waals surface area contributed by atoms with Crippen LogP contribution in [0.15, 0.2) is 0 Å². The molecule has 1 amide bonds. The molecule has 1 saturated heterocycles. The molecule has 18 heavy (non-hydrogen) atoms. The first-order valence-corrected chi connectivity index (χ1v) is 7.38. The topological polar surface area (TPSA) is 54.9 Å². The number of hydrogen-bond acceptors (Lipinski definition) is 2. The molecule has 0 bridgehead atoms. The highest BCUT2D eigenvalue weighted by molar-refractivity contribution is 6.68. The summed E-state index contributed by atoms with van der Waals surface area (Å²) in [5.41, 5.74) is 0. The van der Waals surface area contributed by atoms with Crippen LogP contribution in [0.25, 0.3) is 0 Å². The summed E-state index contributed by atoms with van der Waals surface area (Å²) in [6.45, 7) is 3.41. The van der Waals surface area contributed by atoms with Gasteiger partial charge in [-0.1, -0.05) is 41.7 Å². The lowest BCUT2D eigenvalue weighted by atomic mass is 10.2. The summed E-state index contributed by atoms with van der Waals surface area (Å²) in [6, 6.07) is 0. The first kappa shape index (κ1) is 16.3. The van der Waals surface area contributed by atoms with Crippen molar-refractivity contribution < 1.29 is 14.8 Å². The fraction of sp³-hybridized carbons (Fsp3) is 0.909. The van der Waals surface area contributed by atoms with Crippen LogP contribution in [0, 0.1) is 0 Å². The Labute approximate surface area is 123 Å². The van der Waals surface area contributed by atoms with Crippen molar-refractivity contribution in [2.24, 2.45) is 0 Å². The van der Waals surface area contributed by atoms with Gasteiger partial charge in [0, 0.05) is 13.0 Å². The van der Waals surface area contributed by atoms with Crippen LogP contribution in [0.1, 0.15) is 32.6 Å². The molecular formula is C11H20Cl3N2O2+. The summed E-state index contributed by atoms with van der Waals surface area (Å²) in [5, 5.41) is 4.57. The van der Waals surface area contributed by atoms with Gasteiger partial charge in [0.2, 0.25) is 12.1 Å². The third-order valence-electron chi connectivity index (χ3n) is 2.80. The van der Waals surface area contributed by atoms with Crippen molar-refractivity contribution in [1.29, 1.82) is 0 Å². The highest BCUT2D eigenvalue weighted by Gasteiger charge is 2.37. The Balaban J connectivity index is 2.42. The third kappa shape index (κ3) is 5.93. The van der Waals surface area contributed by atoms with Crippen LogP contribution in [0.5, 0.6) is 0 Å². The summed E-state index contributed by atoms with van der Waals surface area (Å²) < 4.78 is 3.97. The highest BCUT2D eigenvalue weighted by atomic mass is 35.6. The Hall–Kier alpha value is 0.260. The van der Waals surface area contributed by atoms with Gasteiger partial charge < -0.3 is 15.4 Å². The molecule has 0 unspecified atom stereocenters. The van der Waals surface area contributed by atoms with Gasteiger partial charge in [-0.3, -0.25) is 4.79 Å². The predicted molar refractivity (Wildman–Crippen MR) is 72.9 cm³/mol. The lowest BCUT2D eigenvalue weighted by molar-refractivity contribution is -0.697. The Morgan fingerprint density at radius 2 is 2.28 bits per heavy atom. The fourth-order valence-electron chi connectivity index (χ4n) is 1.87. The second-order valence-corrected chi connectivity index (χ2v) is 6.81. The standard InChI is InChI=1S/C11H19Cl3N2O2/c1-2-4-9(17)16-10(11(12,13)14)15-7-8-5-3-6-18-8/h8,10,15H,2-7H2,1H3,(H,16,17)/p+1/t8-,10+/m1/s1. The number of nitrogens with two attached hydrogens (primary N) is 1. The summed E-state index contributed by atoms with van der Waals surface area (Å²) in [4.78, 5) is 11.6. The molecule has 2 atom stereocenters. The molecule has 0 radical (unpaired) electrons. The number of quaternary nitrogens is 1. The number of carbonyl (C=O) groups is 1. The van der Waals surface area contributed by atoms with Gasteiger partial charge >= 0.3 is 0 Å². The molecule has 0 spiro atoms. The van der Waals surface area contributed by atoms with E-state index in [4.69, 9.17) is 39.5 Å². The first-order valence-electron chi connectivity index (χ1n) is 6.24. The quantitative estimate of drug-likeness (QED) is 0.573. The molecule has 0 aromatic heterocycles. The number of amides is 1. The summed E-state index contributed by atoms with van der Waals surface area (Å²) in [5.74, 6) is -0.0996. The van der Waals surface area contributed by atoms with Crippen molar-refractivity contribution in [3.8, 4) is 0 Å². The largest absolute Gasteiger partial charge is 0.372 e. The minimum absolute atomic E-state index is 0.0996. The van der Waals surface area contributed by atoms with Crippen LogP contribution in [0.3, 0.4) is 0 Å². The Kier molecular flexibility index (Phi) is 7.03. The van der Waals surface area contributed by atoms with E-state index in [0.717, 1.165) is 25.9 Å². The van der Waals surface area contributed by atoms with E-state index >= 15 is 0 Å². The molecule has 1 rings (SSSR count). The van der Waals surface area contributed by atoms with Crippen LogP contribution in [-0.2, 0) is 9.53 Å². The van der Waals surface area contributed by atoms with Gasteiger partial charge in [0.15, 0.2) is 0 Å². The van der Waals surface area contributed by atoms with Crippen molar-refractivity contribution in [3.05, 3.63) is 0 Å².